The molecule has 0 aliphatic heterocycles. The topological polar surface area (TPSA) is 43.8 Å². The van der Waals surface area contributed by atoms with Crippen molar-refractivity contribution in [3.63, 3.8) is 0 Å². The lowest BCUT2D eigenvalue weighted by Crippen LogP contribution is -2.15. The molecule has 3 nitrogen and oxygen atoms in total. The summed E-state index contributed by atoms with van der Waals surface area (Å²) in [5.74, 6) is 2.63. The molecule has 1 rings (SSSR count). The zero-order chi connectivity index (χ0) is 11.3. The molecule has 82 valence electrons. The van der Waals surface area contributed by atoms with E-state index in [1.54, 1.807) is 0 Å². The van der Waals surface area contributed by atoms with Gasteiger partial charge in [-0.2, -0.15) is 5.10 Å². The second kappa shape index (κ2) is 5.57. The Hall–Kier alpha value is -1.27. The third-order valence-corrected chi connectivity index (χ3v) is 2.45. The number of nitrogens with two attached hydrogens (primary N) is 1. The molecule has 0 aliphatic carbocycles. The van der Waals surface area contributed by atoms with Crippen LogP contribution in [0.25, 0.3) is 0 Å². The Balaban J connectivity index is 2.64. The number of terminal acetylenes is 1. The SMILES string of the molecule is C#CCCCC(N)c1cc(C)nn1CC. The third kappa shape index (κ3) is 3.10. The van der Waals surface area contributed by atoms with Gasteiger partial charge in [0.2, 0.25) is 0 Å². The lowest BCUT2D eigenvalue weighted by Gasteiger charge is -2.12. The van der Waals surface area contributed by atoms with Gasteiger partial charge in [-0.1, -0.05) is 0 Å². The van der Waals surface area contributed by atoms with Crippen LogP contribution in [0, 0.1) is 19.3 Å². The lowest BCUT2D eigenvalue weighted by molar-refractivity contribution is 0.535. The minimum Gasteiger partial charge on any atom is -0.323 e. The van der Waals surface area contributed by atoms with Crippen LogP contribution in [0.4, 0.5) is 0 Å². The summed E-state index contributed by atoms with van der Waals surface area (Å²) in [5.41, 5.74) is 8.24. The fraction of sp³-hybridized carbons (Fsp3) is 0.583. The normalized spacial score (nSPS) is 12.4. The van der Waals surface area contributed by atoms with Gasteiger partial charge in [-0.15, -0.1) is 12.3 Å². The van der Waals surface area contributed by atoms with Crippen LogP contribution in [-0.2, 0) is 6.54 Å². The number of aryl methyl sites for hydroxylation is 2. The zero-order valence-electron chi connectivity index (χ0n) is 9.53. The van der Waals surface area contributed by atoms with Gasteiger partial charge in [0, 0.05) is 19.0 Å². The van der Waals surface area contributed by atoms with Crippen LogP contribution in [0.3, 0.4) is 0 Å². The van der Waals surface area contributed by atoms with Crippen molar-refractivity contribution in [3.8, 4) is 12.3 Å². The minimum atomic E-state index is 0.0551. The second-order valence-corrected chi connectivity index (χ2v) is 3.73. The van der Waals surface area contributed by atoms with E-state index < -0.39 is 0 Å². The van der Waals surface area contributed by atoms with Gasteiger partial charge in [0.25, 0.3) is 0 Å². The van der Waals surface area contributed by atoms with Crippen LogP contribution >= 0.6 is 0 Å². The van der Waals surface area contributed by atoms with E-state index in [0.29, 0.717) is 0 Å². The molecule has 1 heterocycles. The van der Waals surface area contributed by atoms with Gasteiger partial charge in [-0.05, 0) is 32.8 Å². The Morgan fingerprint density at radius 3 is 3.00 bits per heavy atom. The molecule has 0 saturated carbocycles. The van der Waals surface area contributed by atoms with Crippen molar-refractivity contribution >= 4 is 0 Å². The van der Waals surface area contributed by atoms with Crippen LogP contribution in [0.1, 0.15) is 43.6 Å². The van der Waals surface area contributed by atoms with Crippen LogP contribution < -0.4 is 5.73 Å². The molecular weight excluding hydrogens is 186 g/mol. The van der Waals surface area contributed by atoms with Crippen LogP contribution in [0.15, 0.2) is 6.07 Å². The summed E-state index contributed by atoms with van der Waals surface area (Å²) in [6.07, 6.45) is 7.91. The number of unbranched alkanes of at least 4 members (excludes halogenated alkanes) is 1. The van der Waals surface area contributed by atoms with Gasteiger partial charge in [-0.25, -0.2) is 0 Å². The maximum absolute atomic E-state index is 6.10. The maximum atomic E-state index is 6.10. The van der Waals surface area contributed by atoms with Gasteiger partial charge in [-0.3, -0.25) is 4.68 Å². The number of aromatic nitrogens is 2. The van der Waals surface area contributed by atoms with Gasteiger partial charge < -0.3 is 5.73 Å². The summed E-state index contributed by atoms with van der Waals surface area (Å²) in [5, 5.41) is 4.37. The smallest absolute Gasteiger partial charge is 0.0597 e. The van der Waals surface area contributed by atoms with Gasteiger partial charge in [0.05, 0.1) is 11.4 Å². The highest BCUT2D eigenvalue weighted by Crippen LogP contribution is 2.17. The summed E-state index contributed by atoms with van der Waals surface area (Å²) in [7, 11) is 0. The van der Waals surface area contributed by atoms with Crippen LogP contribution in [-0.4, -0.2) is 9.78 Å². The number of nitrogens with zero attached hydrogens (tertiary/aromatic N) is 2. The Kier molecular flexibility index (Phi) is 4.38. The number of hydrogen-bond donors (Lipinski definition) is 1. The fourth-order valence-electron chi connectivity index (χ4n) is 1.69. The highest BCUT2D eigenvalue weighted by atomic mass is 15.3. The van der Waals surface area contributed by atoms with E-state index in [9.17, 15) is 0 Å². The van der Waals surface area contributed by atoms with Gasteiger partial charge in [0.1, 0.15) is 0 Å². The number of rotatable bonds is 5. The van der Waals surface area contributed by atoms with Crippen molar-refractivity contribution in [3.05, 3.63) is 17.5 Å². The average molecular weight is 205 g/mol. The van der Waals surface area contributed by atoms with Crippen LogP contribution in [0.5, 0.6) is 0 Å². The molecule has 0 saturated heterocycles. The first-order chi connectivity index (χ1) is 7.19. The van der Waals surface area contributed by atoms with Crippen molar-refractivity contribution in [1.29, 1.82) is 0 Å². The van der Waals surface area contributed by atoms with Crippen molar-refractivity contribution < 1.29 is 0 Å². The minimum absolute atomic E-state index is 0.0551. The molecule has 1 unspecified atom stereocenters. The summed E-state index contributed by atoms with van der Waals surface area (Å²) in [6, 6.07) is 2.11. The van der Waals surface area contributed by atoms with E-state index in [4.69, 9.17) is 12.2 Å². The molecular formula is C12H19N3. The first kappa shape index (κ1) is 11.8. The summed E-state index contributed by atoms with van der Waals surface area (Å²) in [6.45, 7) is 4.93. The Morgan fingerprint density at radius 2 is 2.40 bits per heavy atom. The standard InChI is InChI=1S/C12H19N3/c1-4-6-7-8-11(13)12-9-10(3)14-15(12)5-2/h1,9,11H,5-8,13H2,2-3H3. The van der Waals surface area contributed by atoms with Crippen molar-refractivity contribution in [2.45, 2.75) is 45.7 Å². The van der Waals surface area contributed by atoms with E-state index >= 15 is 0 Å². The second-order valence-electron chi connectivity index (χ2n) is 3.73. The highest BCUT2D eigenvalue weighted by molar-refractivity contribution is 5.12. The van der Waals surface area contributed by atoms with Crippen LogP contribution in [0.2, 0.25) is 0 Å². The monoisotopic (exact) mass is 205 g/mol. The first-order valence-electron chi connectivity index (χ1n) is 5.42. The Labute approximate surface area is 91.7 Å². The molecule has 0 fully saturated rings. The summed E-state index contributed by atoms with van der Waals surface area (Å²) < 4.78 is 1.97. The zero-order valence-corrected chi connectivity index (χ0v) is 9.53. The predicted octanol–water partition coefficient (Wildman–Crippen LogP) is 2.01. The largest absolute Gasteiger partial charge is 0.323 e. The van der Waals surface area contributed by atoms with Gasteiger partial charge in [0.15, 0.2) is 0 Å². The first-order valence-corrected chi connectivity index (χ1v) is 5.42. The molecule has 0 amide bonds. The maximum Gasteiger partial charge on any atom is 0.0597 e. The molecule has 0 spiro atoms. The van der Waals surface area contributed by atoms with E-state index in [1.165, 1.54) is 0 Å². The van der Waals surface area contributed by atoms with Gasteiger partial charge >= 0.3 is 0 Å². The molecule has 0 aromatic carbocycles. The third-order valence-electron chi connectivity index (χ3n) is 2.45. The number of hydrogen-bond acceptors (Lipinski definition) is 2. The molecule has 3 heteroatoms. The molecule has 0 radical (unpaired) electrons. The molecule has 1 atom stereocenters. The molecule has 15 heavy (non-hydrogen) atoms. The van der Waals surface area contributed by atoms with Crippen molar-refractivity contribution in [2.75, 3.05) is 0 Å². The molecule has 0 bridgehead atoms. The molecule has 1 aromatic heterocycles. The summed E-state index contributed by atoms with van der Waals surface area (Å²) in [4.78, 5) is 0. The van der Waals surface area contributed by atoms with E-state index in [1.807, 2.05) is 11.6 Å². The predicted molar refractivity (Wildman–Crippen MR) is 62.3 cm³/mol. The lowest BCUT2D eigenvalue weighted by atomic mass is 10.1. The quantitative estimate of drug-likeness (QED) is 0.590. The fourth-order valence-corrected chi connectivity index (χ4v) is 1.69. The Bertz CT molecular complexity index is 346. The van der Waals surface area contributed by atoms with E-state index in [0.717, 1.165) is 37.2 Å². The average Bonchev–Trinajstić information content (AvgIpc) is 2.60. The Morgan fingerprint density at radius 1 is 1.67 bits per heavy atom. The van der Waals surface area contributed by atoms with E-state index in [-0.39, 0.29) is 6.04 Å². The molecule has 0 aliphatic rings. The molecule has 1 aromatic rings. The highest BCUT2D eigenvalue weighted by Gasteiger charge is 2.11. The molecule has 2 N–H and O–H groups in total. The van der Waals surface area contributed by atoms with Crippen molar-refractivity contribution in [1.82, 2.24) is 9.78 Å². The van der Waals surface area contributed by atoms with Crippen molar-refractivity contribution in [2.24, 2.45) is 5.73 Å². The van der Waals surface area contributed by atoms with E-state index in [2.05, 4.69) is 24.0 Å². The summed E-state index contributed by atoms with van der Waals surface area (Å²) >= 11 is 0.